The minimum absolute atomic E-state index is 0.141. The van der Waals surface area contributed by atoms with Crippen molar-refractivity contribution in [1.29, 1.82) is 0 Å². The molecule has 1 aliphatic carbocycles. The van der Waals surface area contributed by atoms with Crippen LogP contribution in [0.15, 0.2) is 41.8 Å². The number of thiophene rings is 1. The van der Waals surface area contributed by atoms with E-state index in [0.717, 1.165) is 31.2 Å². The van der Waals surface area contributed by atoms with Crippen LogP contribution in [0.5, 0.6) is 0 Å². The summed E-state index contributed by atoms with van der Waals surface area (Å²) in [4.78, 5) is 14.0. The maximum absolute atomic E-state index is 12.8. The van der Waals surface area contributed by atoms with E-state index in [1.807, 2.05) is 30.3 Å². The molecule has 1 aromatic carbocycles. The predicted molar refractivity (Wildman–Crippen MR) is 87.8 cm³/mol. The van der Waals surface area contributed by atoms with Gasteiger partial charge in [0.15, 0.2) is 0 Å². The summed E-state index contributed by atoms with van der Waals surface area (Å²) in [6, 6.07) is 11.8. The number of rotatable bonds is 4. The first-order valence-electron chi connectivity index (χ1n) is 7.28. The molecule has 1 heterocycles. The smallest absolute Gasteiger partial charge is 0.231 e. The van der Waals surface area contributed by atoms with E-state index in [1.54, 1.807) is 11.3 Å². The average Bonchev–Trinajstić information content (AvgIpc) is 3.17. The van der Waals surface area contributed by atoms with Crippen molar-refractivity contribution in [2.24, 2.45) is 0 Å². The molecule has 4 heteroatoms. The molecule has 0 aliphatic heterocycles. The maximum atomic E-state index is 12.8. The van der Waals surface area contributed by atoms with Crippen LogP contribution in [-0.2, 0) is 16.8 Å². The van der Waals surface area contributed by atoms with Gasteiger partial charge in [-0.05, 0) is 35.9 Å². The molecule has 1 N–H and O–H groups in total. The summed E-state index contributed by atoms with van der Waals surface area (Å²) in [6.45, 7) is 0.492. The number of benzene rings is 1. The molecule has 1 aliphatic rings. The van der Waals surface area contributed by atoms with Gasteiger partial charge in [-0.1, -0.05) is 48.7 Å². The lowest BCUT2D eigenvalue weighted by atomic mass is 9.83. The summed E-state index contributed by atoms with van der Waals surface area (Å²) in [6.07, 6.45) is 4.14. The number of hydrogen-bond donors (Lipinski definition) is 1. The van der Waals surface area contributed by atoms with Crippen molar-refractivity contribution in [2.75, 3.05) is 0 Å². The van der Waals surface area contributed by atoms with Gasteiger partial charge in [-0.15, -0.1) is 11.3 Å². The quantitative estimate of drug-likeness (QED) is 0.881. The van der Waals surface area contributed by atoms with E-state index in [2.05, 4.69) is 16.8 Å². The van der Waals surface area contributed by atoms with Gasteiger partial charge in [0.25, 0.3) is 0 Å². The highest BCUT2D eigenvalue weighted by Gasteiger charge is 2.43. The molecule has 0 atom stereocenters. The molecule has 2 aromatic rings. The molecule has 1 amide bonds. The molecular formula is C17H18ClNOS. The molecule has 1 saturated carbocycles. The first-order valence-corrected chi connectivity index (χ1v) is 8.54. The first kappa shape index (κ1) is 14.6. The molecule has 21 heavy (non-hydrogen) atoms. The Morgan fingerprint density at radius 2 is 1.95 bits per heavy atom. The third-order valence-electron chi connectivity index (χ3n) is 4.28. The predicted octanol–water partition coefficient (Wildman–Crippen LogP) is 4.53. The van der Waals surface area contributed by atoms with Crippen LogP contribution in [0.1, 0.15) is 36.1 Å². The molecule has 3 rings (SSSR count). The topological polar surface area (TPSA) is 29.1 Å². The van der Waals surface area contributed by atoms with Crippen LogP contribution >= 0.6 is 22.9 Å². The number of amides is 1. The van der Waals surface area contributed by atoms with E-state index in [9.17, 15) is 4.79 Å². The van der Waals surface area contributed by atoms with Gasteiger partial charge in [-0.2, -0.15) is 0 Å². The fourth-order valence-corrected chi connectivity index (χ4v) is 4.29. The van der Waals surface area contributed by atoms with E-state index in [0.29, 0.717) is 11.6 Å². The standard InChI is InChI=1S/C17H18ClNOS/c18-14-7-2-1-6-13(14)12-19-16(20)17(9-3-4-10-17)15-8-5-11-21-15/h1-2,5-8,11H,3-4,9-10,12H2,(H,19,20). The van der Waals surface area contributed by atoms with Gasteiger partial charge in [0.05, 0.1) is 5.41 Å². The van der Waals surface area contributed by atoms with Crippen molar-refractivity contribution in [1.82, 2.24) is 5.32 Å². The number of carbonyl (C=O) groups excluding carboxylic acids is 1. The van der Waals surface area contributed by atoms with Crippen molar-refractivity contribution < 1.29 is 4.79 Å². The molecular weight excluding hydrogens is 302 g/mol. The van der Waals surface area contributed by atoms with Crippen molar-refractivity contribution in [3.05, 3.63) is 57.2 Å². The molecule has 0 saturated heterocycles. The summed E-state index contributed by atoms with van der Waals surface area (Å²) < 4.78 is 0. The minimum Gasteiger partial charge on any atom is -0.351 e. The van der Waals surface area contributed by atoms with E-state index < -0.39 is 0 Å². The van der Waals surface area contributed by atoms with E-state index in [4.69, 9.17) is 11.6 Å². The van der Waals surface area contributed by atoms with Crippen LogP contribution in [0.2, 0.25) is 5.02 Å². The van der Waals surface area contributed by atoms with Gasteiger partial charge in [-0.25, -0.2) is 0 Å². The van der Waals surface area contributed by atoms with Crippen LogP contribution in [-0.4, -0.2) is 5.91 Å². The SMILES string of the molecule is O=C(NCc1ccccc1Cl)C1(c2cccs2)CCCC1. The summed E-state index contributed by atoms with van der Waals surface area (Å²) in [5.41, 5.74) is 0.641. The molecule has 1 fully saturated rings. The van der Waals surface area contributed by atoms with Gasteiger partial charge >= 0.3 is 0 Å². The fourth-order valence-electron chi connectivity index (χ4n) is 3.10. The summed E-state index contributed by atoms with van der Waals surface area (Å²) >= 11 is 7.84. The number of halogens is 1. The highest BCUT2D eigenvalue weighted by molar-refractivity contribution is 7.10. The summed E-state index contributed by atoms with van der Waals surface area (Å²) in [5, 5.41) is 5.85. The number of hydrogen-bond acceptors (Lipinski definition) is 2. The molecule has 1 aromatic heterocycles. The summed E-state index contributed by atoms with van der Waals surface area (Å²) in [5.74, 6) is 0.141. The Kier molecular flexibility index (Phi) is 4.32. The lowest BCUT2D eigenvalue weighted by molar-refractivity contribution is -0.126. The molecule has 0 bridgehead atoms. The zero-order chi connectivity index (χ0) is 14.7. The highest BCUT2D eigenvalue weighted by Crippen LogP contribution is 2.43. The first-order chi connectivity index (χ1) is 10.2. The molecule has 0 spiro atoms. The van der Waals surface area contributed by atoms with Crippen molar-refractivity contribution in [3.8, 4) is 0 Å². The minimum atomic E-state index is -0.324. The molecule has 2 nitrogen and oxygen atoms in total. The zero-order valence-electron chi connectivity index (χ0n) is 11.8. The van der Waals surface area contributed by atoms with Crippen LogP contribution in [0, 0.1) is 0 Å². The average molecular weight is 320 g/mol. The Morgan fingerprint density at radius 3 is 2.62 bits per heavy atom. The van der Waals surface area contributed by atoms with E-state index in [1.165, 1.54) is 4.88 Å². The molecule has 110 valence electrons. The second-order valence-corrected chi connectivity index (χ2v) is 6.90. The lowest BCUT2D eigenvalue weighted by Crippen LogP contribution is -2.41. The Hall–Kier alpha value is -1.32. The Labute approximate surface area is 134 Å². The Bertz CT molecular complexity index is 617. The maximum Gasteiger partial charge on any atom is 0.231 e. The fraction of sp³-hybridized carbons (Fsp3) is 0.353. The zero-order valence-corrected chi connectivity index (χ0v) is 13.3. The van der Waals surface area contributed by atoms with Gasteiger partial charge in [0, 0.05) is 16.4 Å². The third kappa shape index (κ3) is 2.85. The van der Waals surface area contributed by atoms with Crippen LogP contribution in [0.25, 0.3) is 0 Å². The number of carbonyl (C=O) groups is 1. The Morgan fingerprint density at radius 1 is 1.19 bits per heavy atom. The van der Waals surface area contributed by atoms with Crippen LogP contribution in [0.3, 0.4) is 0 Å². The summed E-state index contributed by atoms with van der Waals surface area (Å²) in [7, 11) is 0. The lowest BCUT2D eigenvalue weighted by Gasteiger charge is -2.26. The second kappa shape index (κ2) is 6.20. The van der Waals surface area contributed by atoms with Gasteiger partial charge in [0.2, 0.25) is 5.91 Å². The van der Waals surface area contributed by atoms with Gasteiger partial charge < -0.3 is 5.32 Å². The number of nitrogens with one attached hydrogen (secondary N) is 1. The molecule has 0 radical (unpaired) electrons. The van der Waals surface area contributed by atoms with Crippen LogP contribution in [0.4, 0.5) is 0 Å². The van der Waals surface area contributed by atoms with Crippen molar-refractivity contribution in [3.63, 3.8) is 0 Å². The normalized spacial score (nSPS) is 16.8. The largest absolute Gasteiger partial charge is 0.351 e. The van der Waals surface area contributed by atoms with Crippen LogP contribution < -0.4 is 5.32 Å². The van der Waals surface area contributed by atoms with Gasteiger partial charge in [-0.3, -0.25) is 4.79 Å². The second-order valence-electron chi connectivity index (χ2n) is 5.54. The van der Waals surface area contributed by atoms with E-state index in [-0.39, 0.29) is 11.3 Å². The van der Waals surface area contributed by atoms with Crippen molar-refractivity contribution >= 4 is 28.8 Å². The Balaban J connectivity index is 1.76. The highest BCUT2D eigenvalue weighted by atomic mass is 35.5. The third-order valence-corrected chi connectivity index (χ3v) is 5.72. The van der Waals surface area contributed by atoms with E-state index >= 15 is 0 Å². The monoisotopic (exact) mass is 319 g/mol. The molecule has 0 unspecified atom stereocenters. The van der Waals surface area contributed by atoms with Gasteiger partial charge in [0.1, 0.15) is 0 Å². The van der Waals surface area contributed by atoms with Crippen molar-refractivity contribution in [2.45, 2.75) is 37.6 Å².